The topological polar surface area (TPSA) is 24.5 Å². The Bertz CT molecular complexity index is 245. The van der Waals surface area contributed by atoms with Crippen molar-refractivity contribution in [1.82, 2.24) is 10.2 Å². The zero-order valence-corrected chi connectivity index (χ0v) is 11.0. The van der Waals surface area contributed by atoms with E-state index >= 15 is 0 Å². The van der Waals surface area contributed by atoms with Gasteiger partial charge >= 0.3 is 0 Å². The minimum Gasteiger partial charge on any atom is -0.381 e. The van der Waals surface area contributed by atoms with E-state index in [0.717, 1.165) is 18.0 Å². The van der Waals surface area contributed by atoms with Crippen LogP contribution in [0.2, 0.25) is 0 Å². The molecule has 1 aliphatic carbocycles. The van der Waals surface area contributed by atoms with Crippen LogP contribution in [0.15, 0.2) is 0 Å². The number of rotatable bonds is 2. The lowest BCUT2D eigenvalue weighted by atomic mass is 9.91. The molecular weight excluding hydrogens is 212 g/mol. The van der Waals surface area contributed by atoms with Crippen molar-refractivity contribution in [3.05, 3.63) is 0 Å². The normalized spacial score (nSPS) is 43.6. The van der Waals surface area contributed by atoms with Crippen molar-refractivity contribution in [3.8, 4) is 0 Å². The summed E-state index contributed by atoms with van der Waals surface area (Å²) in [5, 5.41) is 3.70. The van der Waals surface area contributed by atoms with Gasteiger partial charge in [-0.25, -0.2) is 0 Å². The first kappa shape index (κ1) is 11.9. The largest absolute Gasteiger partial charge is 0.381 e. The van der Waals surface area contributed by atoms with Gasteiger partial charge in [0.2, 0.25) is 0 Å². The molecule has 3 rings (SSSR count). The molecule has 3 heteroatoms. The molecule has 0 radical (unpaired) electrons. The maximum atomic E-state index is 5.56. The van der Waals surface area contributed by atoms with E-state index in [1.54, 1.807) is 0 Å². The van der Waals surface area contributed by atoms with Gasteiger partial charge in [-0.2, -0.15) is 0 Å². The van der Waals surface area contributed by atoms with Crippen molar-refractivity contribution < 1.29 is 4.74 Å². The van der Waals surface area contributed by atoms with Crippen molar-refractivity contribution >= 4 is 0 Å². The summed E-state index contributed by atoms with van der Waals surface area (Å²) >= 11 is 0. The predicted molar refractivity (Wildman–Crippen MR) is 69.1 cm³/mol. The highest BCUT2D eigenvalue weighted by molar-refractivity contribution is 4.95. The Kier molecular flexibility index (Phi) is 3.69. The number of hydrogen-bond acceptors (Lipinski definition) is 3. The lowest BCUT2D eigenvalue weighted by Gasteiger charge is -2.34. The molecule has 2 heterocycles. The molecule has 1 N–H and O–H groups in total. The van der Waals surface area contributed by atoms with Crippen LogP contribution in [-0.4, -0.2) is 49.8 Å². The molecule has 2 saturated heterocycles. The van der Waals surface area contributed by atoms with Crippen molar-refractivity contribution in [3.63, 3.8) is 0 Å². The van der Waals surface area contributed by atoms with Crippen molar-refractivity contribution in [2.45, 2.75) is 56.7 Å². The van der Waals surface area contributed by atoms with Gasteiger partial charge in [0.15, 0.2) is 0 Å². The van der Waals surface area contributed by atoms with Gasteiger partial charge < -0.3 is 10.1 Å². The lowest BCUT2D eigenvalue weighted by Crippen LogP contribution is -2.42. The molecule has 0 aromatic carbocycles. The predicted octanol–water partition coefficient (Wildman–Crippen LogP) is 1.63. The summed E-state index contributed by atoms with van der Waals surface area (Å²) in [6.07, 6.45) is 8.60. The standard InChI is InChI=1S/C14H26N2O/c1-17-13-6-2-5-12(8-13)16-9-11-4-3-7-15-14(11)10-16/h11-15H,2-10H2,1H3. The maximum Gasteiger partial charge on any atom is 0.0586 e. The number of fused-ring (bicyclic) bond motifs is 1. The molecule has 17 heavy (non-hydrogen) atoms. The molecular formula is C14H26N2O. The number of likely N-dealkylation sites (tertiary alicyclic amines) is 1. The minimum absolute atomic E-state index is 0.518. The quantitative estimate of drug-likeness (QED) is 0.791. The highest BCUT2D eigenvalue weighted by Crippen LogP contribution is 2.31. The Morgan fingerprint density at radius 1 is 1.12 bits per heavy atom. The summed E-state index contributed by atoms with van der Waals surface area (Å²) in [4.78, 5) is 2.75. The van der Waals surface area contributed by atoms with E-state index in [9.17, 15) is 0 Å². The summed E-state index contributed by atoms with van der Waals surface area (Å²) in [5.41, 5.74) is 0. The molecule has 1 saturated carbocycles. The summed E-state index contributed by atoms with van der Waals surface area (Å²) in [6, 6.07) is 1.58. The van der Waals surface area contributed by atoms with Crippen molar-refractivity contribution in [2.24, 2.45) is 5.92 Å². The van der Waals surface area contributed by atoms with Crippen LogP contribution < -0.4 is 5.32 Å². The van der Waals surface area contributed by atoms with Crippen LogP contribution in [-0.2, 0) is 4.74 Å². The van der Waals surface area contributed by atoms with E-state index in [1.165, 1.54) is 58.2 Å². The molecule has 3 aliphatic rings. The highest BCUT2D eigenvalue weighted by Gasteiger charge is 2.38. The van der Waals surface area contributed by atoms with Gasteiger partial charge in [0, 0.05) is 32.3 Å². The highest BCUT2D eigenvalue weighted by atomic mass is 16.5. The molecule has 3 nitrogen and oxygen atoms in total. The van der Waals surface area contributed by atoms with E-state index in [1.807, 2.05) is 7.11 Å². The van der Waals surface area contributed by atoms with Gasteiger partial charge in [-0.1, -0.05) is 0 Å². The fraction of sp³-hybridized carbons (Fsp3) is 1.00. The third-order valence-corrected chi connectivity index (χ3v) is 5.08. The number of nitrogens with zero attached hydrogens (tertiary/aromatic N) is 1. The van der Waals surface area contributed by atoms with E-state index in [0.29, 0.717) is 6.10 Å². The average Bonchev–Trinajstić information content (AvgIpc) is 2.82. The van der Waals surface area contributed by atoms with Crippen LogP contribution in [0.5, 0.6) is 0 Å². The fourth-order valence-electron chi connectivity index (χ4n) is 4.04. The SMILES string of the molecule is COC1CCCC(N2CC3CCCNC3C2)C1. The molecule has 3 fully saturated rings. The molecule has 4 unspecified atom stereocenters. The molecule has 98 valence electrons. The van der Waals surface area contributed by atoms with Crippen molar-refractivity contribution in [2.75, 3.05) is 26.7 Å². The smallest absolute Gasteiger partial charge is 0.0586 e. The zero-order valence-electron chi connectivity index (χ0n) is 11.0. The van der Waals surface area contributed by atoms with E-state index in [2.05, 4.69) is 10.2 Å². The van der Waals surface area contributed by atoms with Gasteiger partial charge in [-0.15, -0.1) is 0 Å². The third-order valence-electron chi connectivity index (χ3n) is 5.08. The van der Waals surface area contributed by atoms with Gasteiger partial charge in [0.05, 0.1) is 6.10 Å². The first-order valence-corrected chi connectivity index (χ1v) is 7.37. The Labute approximate surface area is 105 Å². The number of piperidine rings is 1. The fourth-order valence-corrected chi connectivity index (χ4v) is 4.04. The van der Waals surface area contributed by atoms with Crippen LogP contribution in [0.25, 0.3) is 0 Å². The number of nitrogens with one attached hydrogen (secondary N) is 1. The molecule has 2 aliphatic heterocycles. The van der Waals surface area contributed by atoms with Crippen LogP contribution >= 0.6 is 0 Å². The third kappa shape index (κ3) is 2.51. The second-order valence-corrected chi connectivity index (χ2v) is 6.09. The molecule has 0 spiro atoms. The molecule has 0 bridgehead atoms. The Hall–Kier alpha value is -0.120. The summed E-state index contributed by atoms with van der Waals surface area (Å²) in [7, 11) is 1.87. The van der Waals surface area contributed by atoms with E-state index < -0.39 is 0 Å². The number of ether oxygens (including phenoxy) is 1. The van der Waals surface area contributed by atoms with Gasteiger partial charge in [0.25, 0.3) is 0 Å². The first-order valence-electron chi connectivity index (χ1n) is 7.37. The second kappa shape index (κ2) is 5.25. The summed E-state index contributed by atoms with van der Waals surface area (Å²) < 4.78 is 5.56. The monoisotopic (exact) mass is 238 g/mol. The second-order valence-electron chi connectivity index (χ2n) is 6.09. The molecule has 0 amide bonds. The van der Waals surface area contributed by atoms with E-state index in [-0.39, 0.29) is 0 Å². The summed E-state index contributed by atoms with van der Waals surface area (Å²) in [6.45, 7) is 3.85. The van der Waals surface area contributed by atoms with Gasteiger partial charge in [-0.3, -0.25) is 4.90 Å². The average molecular weight is 238 g/mol. The van der Waals surface area contributed by atoms with Gasteiger partial charge in [-0.05, 0) is 51.0 Å². The van der Waals surface area contributed by atoms with Crippen LogP contribution in [0.1, 0.15) is 38.5 Å². The first-order chi connectivity index (χ1) is 8.36. The molecule has 0 aromatic heterocycles. The minimum atomic E-state index is 0.518. The Balaban J connectivity index is 1.57. The Morgan fingerprint density at radius 2 is 2.06 bits per heavy atom. The summed E-state index contributed by atoms with van der Waals surface area (Å²) in [5.74, 6) is 0.923. The zero-order chi connectivity index (χ0) is 11.7. The maximum absolute atomic E-state index is 5.56. The molecule has 0 aromatic rings. The van der Waals surface area contributed by atoms with Crippen LogP contribution in [0.3, 0.4) is 0 Å². The van der Waals surface area contributed by atoms with Crippen LogP contribution in [0, 0.1) is 5.92 Å². The van der Waals surface area contributed by atoms with Gasteiger partial charge in [0.1, 0.15) is 0 Å². The number of hydrogen-bond donors (Lipinski definition) is 1. The molecule has 4 atom stereocenters. The lowest BCUT2D eigenvalue weighted by molar-refractivity contribution is 0.0329. The van der Waals surface area contributed by atoms with Crippen LogP contribution in [0.4, 0.5) is 0 Å². The number of methoxy groups -OCH3 is 1. The van der Waals surface area contributed by atoms with E-state index in [4.69, 9.17) is 4.74 Å². The van der Waals surface area contributed by atoms with Crippen molar-refractivity contribution in [1.29, 1.82) is 0 Å². The Morgan fingerprint density at radius 3 is 2.88 bits per heavy atom.